The number of carbonyl (C=O) groups excluding carboxylic acids is 2. The molecule has 0 amide bonds. The van der Waals surface area contributed by atoms with Gasteiger partial charge in [0, 0.05) is 5.41 Å². The van der Waals surface area contributed by atoms with Crippen LogP contribution < -0.4 is 0 Å². The van der Waals surface area contributed by atoms with Gasteiger partial charge in [-0.2, -0.15) is 30.7 Å². The Hall–Kier alpha value is -1.15. The molecule has 2 nitrogen and oxygen atoms in total. The minimum absolute atomic E-state index is 0.152. The molecular formula is C14H15F7O2. The summed E-state index contributed by atoms with van der Waals surface area (Å²) in [6, 6.07) is 0. The van der Waals surface area contributed by atoms with Crippen LogP contribution in [0.15, 0.2) is 0 Å². The Labute approximate surface area is 127 Å². The van der Waals surface area contributed by atoms with E-state index in [2.05, 4.69) is 0 Å². The summed E-state index contributed by atoms with van der Waals surface area (Å²) >= 11 is 0. The lowest BCUT2D eigenvalue weighted by Gasteiger charge is -2.32. The second-order valence-electron chi connectivity index (χ2n) is 7.05. The van der Waals surface area contributed by atoms with Crippen LogP contribution in [0.4, 0.5) is 30.7 Å². The second-order valence-corrected chi connectivity index (χ2v) is 7.05. The normalized spacial score (nSPS) is 34.1. The van der Waals surface area contributed by atoms with E-state index in [0.717, 1.165) is 0 Å². The zero-order valence-electron chi connectivity index (χ0n) is 12.5. The molecule has 0 radical (unpaired) electrons. The molecule has 0 saturated heterocycles. The zero-order valence-corrected chi connectivity index (χ0v) is 12.5. The van der Waals surface area contributed by atoms with Crippen molar-refractivity contribution in [2.24, 2.45) is 22.7 Å². The van der Waals surface area contributed by atoms with Crippen molar-refractivity contribution in [2.45, 2.75) is 51.6 Å². The minimum Gasteiger partial charge on any atom is -0.298 e. The van der Waals surface area contributed by atoms with Crippen LogP contribution in [-0.4, -0.2) is 29.6 Å². The van der Waals surface area contributed by atoms with E-state index in [-0.39, 0.29) is 12.8 Å². The average Bonchev–Trinajstić information content (AvgIpc) is 2.68. The summed E-state index contributed by atoms with van der Waals surface area (Å²) in [4.78, 5) is 24.1. The summed E-state index contributed by atoms with van der Waals surface area (Å²) in [6.45, 7) is 4.51. The van der Waals surface area contributed by atoms with E-state index in [1.807, 2.05) is 0 Å². The maximum absolute atomic E-state index is 13.6. The predicted octanol–water partition coefficient (Wildman–Crippen LogP) is 4.03. The molecule has 2 aliphatic carbocycles. The molecule has 2 bridgehead atoms. The molecule has 2 saturated carbocycles. The lowest BCUT2D eigenvalue weighted by Crippen LogP contribution is -2.59. The highest BCUT2D eigenvalue weighted by Gasteiger charge is 2.79. The Morgan fingerprint density at radius 3 is 1.87 bits per heavy atom. The van der Waals surface area contributed by atoms with Gasteiger partial charge in [-0.05, 0) is 24.2 Å². The fraction of sp³-hybridized carbons (Fsp3) is 0.857. The molecule has 0 heterocycles. The van der Waals surface area contributed by atoms with Gasteiger partial charge in [0.1, 0.15) is 5.78 Å². The van der Waals surface area contributed by atoms with Crippen molar-refractivity contribution in [3.05, 3.63) is 0 Å². The van der Waals surface area contributed by atoms with Crippen LogP contribution in [0.1, 0.15) is 33.6 Å². The molecule has 2 unspecified atom stereocenters. The molecule has 2 rings (SSSR count). The summed E-state index contributed by atoms with van der Waals surface area (Å²) in [7, 11) is 0. The van der Waals surface area contributed by atoms with E-state index in [1.165, 1.54) is 20.8 Å². The molecule has 0 aromatic rings. The first-order valence-electron chi connectivity index (χ1n) is 6.94. The highest BCUT2D eigenvalue weighted by atomic mass is 19.4. The van der Waals surface area contributed by atoms with Crippen molar-refractivity contribution >= 4 is 11.6 Å². The second kappa shape index (κ2) is 4.47. The fourth-order valence-corrected chi connectivity index (χ4v) is 3.92. The third kappa shape index (κ3) is 1.94. The molecule has 9 heteroatoms. The van der Waals surface area contributed by atoms with Crippen molar-refractivity contribution in [1.82, 2.24) is 0 Å². The number of alkyl halides is 7. The Balaban J connectivity index is 2.45. The fourth-order valence-electron chi connectivity index (χ4n) is 3.92. The number of carbonyl (C=O) groups is 2. The first-order chi connectivity index (χ1) is 10.0. The van der Waals surface area contributed by atoms with Crippen molar-refractivity contribution < 1.29 is 40.3 Å². The monoisotopic (exact) mass is 348 g/mol. The highest BCUT2D eigenvalue weighted by Crippen LogP contribution is 2.66. The maximum Gasteiger partial charge on any atom is 0.460 e. The molecule has 0 aromatic heterocycles. The number of hydrogen-bond acceptors (Lipinski definition) is 2. The number of halogens is 7. The van der Waals surface area contributed by atoms with Gasteiger partial charge in [-0.3, -0.25) is 9.59 Å². The van der Waals surface area contributed by atoms with Crippen LogP contribution in [0.2, 0.25) is 0 Å². The standard InChI is InChI=1S/C14H15F7O2/c1-10(2)6-4-5-11(10,3)8(22)7(6)9(23)12(15,16)13(17,18)14(19,20)21/h6-7H,4-5H2,1-3H3/t6?,7?,11-/m0/s1. The average molecular weight is 348 g/mol. The van der Waals surface area contributed by atoms with Gasteiger partial charge >= 0.3 is 18.0 Å². The summed E-state index contributed by atoms with van der Waals surface area (Å²) in [5.74, 6) is -19.2. The number of rotatable bonds is 3. The van der Waals surface area contributed by atoms with Crippen molar-refractivity contribution in [2.75, 3.05) is 0 Å². The zero-order chi connectivity index (χ0) is 18.2. The summed E-state index contributed by atoms with van der Waals surface area (Å²) in [5.41, 5.74) is -2.10. The van der Waals surface area contributed by atoms with Gasteiger partial charge in [0.2, 0.25) is 5.78 Å². The van der Waals surface area contributed by atoms with Crippen LogP contribution in [0, 0.1) is 22.7 Å². The Morgan fingerprint density at radius 2 is 1.52 bits per heavy atom. The van der Waals surface area contributed by atoms with E-state index in [0.29, 0.717) is 0 Å². The lowest BCUT2D eigenvalue weighted by atomic mass is 9.70. The quantitative estimate of drug-likeness (QED) is 0.570. The van der Waals surface area contributed by atoms with Crippen LogP contribution >= 0.6 is 0 Å². The predicted molar refractivity (Wildman–Crippen MR) is 64.1 cm³/mol. The maximum atomic E-state index is 13.6. The molecule has 0 spiro atoms. The third-order valence-electron chi connectivity index (χ3n) is 5.88. The van der Waals surface area contributed by atoms with Gasteiger partial charge in [0.25, 0.3) is 0 Å². The number of hydrogen-bond donors (Lipinski definition) is 0. The van der Waals surface area contributed by atoms with Gasteiger partial charge < -0.3 is 0 Å². The van der Waals surface area contributed by atoms with Crippen LogP contribution in [-0.2, 0) is 9.59 Å². The van der Waals surface area contributed by atoms with Crippen LogP contribution in [0.3, 0.4) is 0 Å². The molecule has 0 aliphatic heterocycles. The van der Waals surface area contributed by atoms with E-state index in [4.69, 9.17) is 0 Å². The van der Waals surface area contributed by atoms with E-state index in [9.17, 15) is 40.3 Å². The third-order valence-corrected chi connectivity index (χ3v) is 5.88. The van der Waals surface area contributed by atoms with Crippen molar-refractivity contribution in [1.29, 1.82) is 0 Å². The van der Waals surface area contributed by atoms with Crippen LogP contribution in [0.5, 0.6) is 0 Å². The summed E-state index contributed by atoms with van der Waals surface area (Å²) in [5, 5.41) is 0. The topological polar surface area (TPSA) is 34.1 Å². The van der Waals surface area contributed by atoms with Crippen molar-refractivity contribution in [3.8, 4) is 0 Å². The lowest BCUT2D eigenvalue weighted by molar-refractivity contribution is -0.344. The first kappa shape index (κ1) is 18.2. The largest absolute Gasteiger partial charge is 0.460 e. The molecule has 0 aromatic carbocycles. The molecule has 3 atom stereocenters. The number of ketones is 2. The summed E-state index contributed by atoms with van der Waals surface area (Å²) in [6.07, 6.45) is -6.15. The smallest absolute Gasteiger partial charge is 0.298 e. The van der Waals surface area contributed by atoms with E-state index >= 15 is 0 Å². The van der Waals surface area contributed by atoms with E-state index in [1.54, 1.807) is 0 Å². The van der Waals surface area contributed by atoms with Gasteiger partial charge in [-0.25, -0.2) is 0 Å². The van der Waals surface area contributed by atoms with Crippen molar-refractivity contribution in [3.63, 3.8) is 0 Å². The van der Waals surface area contributed by atoms with Gasteiger partial charge in [-0.1, -0.05) is 20.8 Å². The Bertz CT molecular complexity index is 564. The Morgan fingerprint density at radius 1 is 1.04 bits per heavy atom. The molecule has 0 N–H and O–H groups in total. The molecular weight excluding hydrogens is 333 g/mol. The van der Waals surface area contributed by atoms with Gasteiger partial charge in [-0.15, -0.1) is 0 Å². The van der Waals surface area contributed by atoms with Gasteiger partial charge in [0.05, 0.1) is 5.92 Å². The minimum atomic E-state index is -6.59. The number of fused-ring (bicyclic) bond motifs is 2. The molecule has 2 fully saturated rings. The van der Waals surface area contributed by atoms with Crippen LogP contribution in [0.25, 0.3) is 0 Å². The molecule has 23 heavy (non-hydrogen) atoms. The molecule has 132 valence electrons. The SMILES string of the molecule is CC1(C)C2CC[C@@]1(C)C(=O)C2C(=O)C(F)(F)C(F)(F)C(F)(F)F. The first-order valence-corrected chi connectivity index (χ1v) is 6.94. The van der Waals surface area contributed by atoms with Gasteiger partial charge in [0.15, 0.2) is 0 Å². The number of Topliss-reactive ketones (excluding diaryl/α,β-unsaturated/α-hetero) is 2. The Kier molecular flexibility index (Phi) is 3.54. The summed E-state index contributed by atoms with van der Waals surface area (Å²) < 4.78 is 90.1. The molecule has 2 aliphatic rings. The van der Waals surface area contributed by atoms with E-state index < -0.39 is 52.3 Å². The highest BCUT2D eigenvalue weighted by molar-refractivity contribution is 6.10.